The van der Waals surface area contributed by atoms with E-state index in [-0.39, 0.29) is 39.3 Å². The molecule has 1 atom stereocenters. The highest BCUT2D eigenvalue weighted by Gasteiger charge is 2.26. The Labute approximate surface area is 257 Å². The van der Waals surface area contributed by atoms with Gasteiger partial charge in [0.15, 0.2) is 11.5 Å². The fourth-order valence-electron chi connectivity index (χ4n) is 4.40. The van der Waals surface area contributed by atoms with Gasteiger partial charge in [0.25, 0.3) is 0 Å². The maximum Gasteiger partial charge on any atom is 0.387 e. The van der Waals surface area contributed by atoms with Gasteiger partial charge < -0.3 is 24.6 Å². The molecule has 0 saturated heterocycles. The summed E-state index contributed by atoms with van der Waals surface area (Å²) in [6.07, 6.45) is 4.05. The minimum Gasteiger partial charge on any atom is -0.506 e. The first-order chi connectivity index (χ1) is 20.8. The molecular formula is C32H28Cl2F2N2O5. The molecule has 0 unspecified atom stereocenters. The van der Waals surface area contributed by atoms with Crippen LogP contribution in [0.5, 0.6) is 17.2 Å². The number of para-hydroxylation sites is 2. The molecule has 0 radical (unpaired) electrons. The third-order valence-electron chi connectivity index (χ3n) is 6.87. The van der Waals surface area contributed by atoms with Crippen LogP contribution in [-0.2, 0) is 17.7 Å². The van der Waals surface area contributed by atoms with Crippen molar-refractivity contribution in [1.29, 1.82) is 0 Å². The SMILES string of the molecule is O=C(O[C@@H](Cc1c(Cl)cncc1Cl)c1ccc(OC(F)F)c(OCC2CC2)c1)c1cccc(CNc2ccccc2O)c1. The summed E-state index contributed by atoms with van der Waals surface area (Å²) >= 11 is 12.8. The Balaban J connectivity index is 1.41. The summed E-state index contributed by atoms with van der Waals surface area (Å²) < 4.78 is 42.7. The molecule has 4 aromatic rings. The van der Waals surface area contributed by atoms with E-state index in [1.165, 1.54) is 30.6 Å². The van der Waals surface area contributed by atoms with Crippen molar-refractivity contribution in [2.24, 2.45) is 5.92 Å². The topological polar surface area (TPSA) is 89.9 Å². The predicted octanol–water partition coefficient (Wildman–Crippen LogP) is 8.24. The Morgan fingerprint density at radius 3 is 2.49 bits per heavy atom. The minimum absolute atomic E-state index is 0.0809. The van der Waals surface area contributed by atoms with Crippen molar-refractivity contribution < 1.29 is 32.9 Å². The number of alkyl halides is 2. The van der Waals surface area contributed by atoms with Gasteiger partial charge in [-0.05, 0) is 71.8 Å². The lowest BCUT2D eigenvalue weighted by molar-refractivity contribution is -0.0515. The number of hydrogen-bond donors (Lipinski definition) is 2. The predicted molar refractivity (Wildman–Crippen MR) is 159 cm³/mol. The number of anilines is 1. The molecule has 43 heavy (non-hydrogen) atoms. The van der Waals surface area contributed by atoms with E-state index in [0.29, 0.717) is 35.9 Å². The number of ether oxygens (including phenoxy) is 3. The van der Waals surface area contributed by atoms with Gasteiger partial charge in [0.1, 0.15) is 11.9 Å². The molecule has 5 rings (SSSR count). The first-order valence-corrected chi connectivity index (χ1v) is 14.3. The van der Waals surface area contributed by atoms with Gasteiger partial charge in [0.05, 0.1) is 27.9 Å². The van der Waals surface area contributed by atoms with E-state index in [9.17, 15) is 18.7 Å². The number of aromatic hydroxyl groups is 1. The molecule has 1 fully saturated rings. The molecule has 224 valence electrons. The number of nitrogens with zero attached hydrogens (tertiary/aromatic N) is 1. The summed E-state index contributed by atoms with van der Waals surface area (Å²) in [4.78, 5) is 17.5. The maximum atomic E-state index is 13.5. The Bertz CT molecular complexity index is 1570. The summed E-state index contributed by atoms with van der Waals surface area (Å²) in [5.41, 5.74) is 2.60. The number of esters is 1. The second-order valence-corrected chi connectivity index (χ2v) is 10.9. The molecule has 1 aliphatic carbocycles. The third-order valence-corrected chi connectivity index (χ3v) is 7.52. The number of phenolic OH excluding ortho intramolecular Hbond substituents is 1. The van der Waals surface area contributed by atoms with Crippen LogP contribution in [-0.4, -0.2) is 29.3 Å². The summed E-state index contributed by atoms with van der Waals surface area (Å²) in [6.45, 7) is -2.33. The molecule has 11 heteroatoms. The molecule has 0 aliphatic heterocycles. The van der Waals surface area contributed by atoms with E-state index < -0.39 is 18.7 Å². The molecule has 3 aromatic carbocycles. The van der Waals surface area contributed by atoms with Crippen LogP contribution < -0.4 is 14.8 Å². The van der Waals surface area contributed by atoms with Crippen LogP contribution in [0.25, 0.3) is 0 Å². The van der Waals surface area contributed by atoms with Gasteiger partial charge in [-0.3, -0.25) is 4.98 Å². The van der Waals surface area contributed by atoms with Gasteiger partial charge in [-0.25, -0.2) is 4.79 Å². The number of hydrogen-bond acceptors (Lipinski definition) is 7. The van der Waals surface area contributed by atoms with Gasteiger partial charge in [-0.2, -0.15) is 8.78 Å². The number of carbonyl (C=O) groups is 1. The van der Waals surface area contributed by atoms with Gasteiger partial charge >= 0.3 is 12.6 Å². The molecule has 0 bridgehead atoms. The van der Waals surface area contributed by atoms with Gasteiger partial charge in [0, 0.05) is 25.4 Å². The van der Waals surface area contributed by atoms with E-state index in [1.807, 2.05) is 6.07 Å². The monoisotopic (exact) mass is 628 g/mol. The molecule has 1 heterocycles. The van der Waals surface area contributed by atoms with E-state index in [0.717, 1.165) is 18.4 Å². The summed E-state index contributed by atoms with van der Waals surface area (Å²) in [6, 6.07) is 18.1. The number of nitrogens with one attached hydrogen (secondary N) is 1. The molecule has 0 spiro atoms. The van der Waals surface area contributed by atoms with Crippen molar-refractivity contribution in [3.8, 4) is 17.2 Å². The van der Waals surface area contributed by atoms with Crippen LogP contribution >= 0.6 is 23.2 Å². The highest BCUT2D eigenvalue weighted by atomic mass is 35.5. The number of benzene rings is 3. The average Bonchev–Trinajstić information content (AvgIpc) is 3.82. The number of aromatic nitrogens is 1. The smallest absolute Gasteiger partial charge is 0.387 e. The number of rotatable bonds is 13. The average molecular weight is 629 g/mol. The second-order valence-electron chi connectivity index (χ2n) is 10.1. The standard InChI is InChI=1S/C32H28Cl2F2N2O5/c33-24-16-37-17-25(34)23(24)14-29(21-10-11-28(43-32(35)36)30(13-21)41-18-19-8-9-19)42-31(40)22-5-3-4-20(12-22)15-38-26-6-1-2-7-27(26)39/h1-7,10-13,16-17,19,29,32,38-39H,8-9,14-15,18H2/t29-/m0/s1. The van der Waals surface area contributed by atoms with Crippen LogP contribution in [0.4, 0.5) is 14.5 Å². The molecule has 2 N–H and O–H groups in total. The van der Waals surface area contributed by atoms with Crippen molar-refractivity contribution in [3.63, 3.8) is 0 Å². The van der Waals surface area contributed by atoms with E-state index >= 15 is 0 Å². The van der Waals surface area contributed by atoms with Gasteiger partial charge in [-0.1, -0.05) is 53.5 Å². The van der Waals surface area contributed by atoms with Gasteiger partial charge in [0.2, 0.25) is 0 Å². The molecule has 1 aromatic heterocycles. The largest absolute Gasteiger partial charge is 0.506 e. The van der Waals surface area contributed by atoms with Crippen molar-refractivity contribution >= 4 is 34.9 Å². The highest BCUT2D eigenvalue weighted by Crippen LogP contribution is 2.38. The van der Waals surface area contributed by atoms with E-state index in [4.69, 9.17) is 32.7 Å². The Kier molecular flexibility index (Phi) is 9.84. The fraction of sp³-hybridized carbons (Fsp3) is 0.250. The molecule has 7 nitrogen and oxygen atoms in total. The van der Waals surface area contributed by atoms with E-state index in [2.05, 4.69) is 15.0 Å². The second kappa shape index (κ2) is 13.9. The summed E-state index contributed by atoms with van der Waals surface area (Å²) in [7, 11) is 0. The molecule has 0 amide bonds. The zero-order chi connectivity index (χ0) is 30.3. The lowest BCUT2D eigenvalue weighted by Crippen LogP contribution is -2.16. The number of carbonyl (C=O) groups excluding carboxylic acids is 1. The zero-order valence-electron chi connectivity index (χ0n) is 22.8. The van der Waals surface area contributed by atoms with Crippen LogP contribution in [0.1, 0.15) is 46.0 Å². The van der Waals surface area contributed by atoms with Gasteiger partial charge in [-0.15, -0.1) is 0 Å². The Morgan fingerprint density at radius 2 is 1.77 bits per heavy atom. The number of halogens is 4. The van der Waals surface area contributed by atoms with Crippen LogP contribution in [0.2, 0.25) is 10.0 Å². The lowest BCUT2D eigenvalue weighted by atomic mass is 10.0. The first kappa shape index (κ1) is 30.4. The van der Waals surface area contributed by atoms with Crippen LogP contribution in [0, 0.1) is 5.92 Å². The maximum absolute atomic E-state index is 13.5. The van der Waals surface area contributed by atoms with Crippen molar-refractivity contribution in [2.75, 3.05) is 11.9 Å². The zero-order valence-corrected chi connectivity index (χ0v) is 24.3. The fourth-order valence-corrected chi connectivity index (χ4v) is 4.91. The minimum atomic E-state index is -3.04. The first-order valence-electron chi connectivity index (χ1n) is 13.6. The number of phenols is 1. The van der Waals surface area contributed by atoms with E-state index in [1.54, 1.807) is 42.5 Å². The Morgan fingerprint density at radius 1 is 1.00 bits per heavy atom. The summed E-state index contributed by atoms with van der Waals surface area (Å²) in [5.74, 6) is -0.147. The molecule has 1 saturated carbocycles. The Hall–Kier alpha value is -4.08. The van der Waals surface area contributed by atoms with Crippen molar-refractivity contribution in [1.82, 2.24) is 4.98 Å². The number of pyridine rings is 1. The third kappa shape index (κ3) is 8.27. The highest BCUT2D eigenvalue weighted by molar-refractivity contribution is 6.35. The normalized spacial score (nSPS) is 13.4. The van der Waals surface area contributed by atoms with Crippen molar-refractivity contribution in [3.05, 3.63) is 111 Å². The molecule has 1 aliphatic rings. The van der Waals surface area contributed by atoms with Crippen LogP contribution in [0.3, 0.4) is 0 Å². The molecular weight excluding hydrogens is 601 g/mol. The van der Waals surface area contributed by atoms with Crippen LogP contribution in [0.15, 0.2) is 79.1 Å². The quantitative estimate of drug-likeness (QED) is 0.114. The lowest BCUT2D eigenvalue weighted by Gasteiger charge is -2.22. The summed E-state index contributed by atoms with van der Waals surface area (Å²) in [5, 5.41) is 13.7. The van der Waals surface area contributed by atoms with Crippen molar-refractivity contribution in [2.45, 2.75) is 38.5 Å².